The van der Waals surface area contributed by atoms with Crippen molar-refractivity contribution in [2.45, 2.75) is 28.7 Å². The Labute approximate surface area is 157 Å². The van der Waals surface area contributed by atoms with Gasteiger partial charge in [0, 0.05) is 17.0 Å². The Bertz CT molecular complexity index is 844. The second kappa shape index (κ2) is 7.37. The lowest BCUT2D eigenvalue weighted by molar-refractivity contribution is 0.437. The molecule has 3 rings (SSSR count). The molecule has 24 heavy (non-hydrogen) atoms. The van der Waals surface area contributed by atoms with Crippen LogP contribution in [0, 0.1) is 6.92 Å². The monoisotopic (exact) mass is 453 g/mol. The number of allylic oxidation sites excluding steroid dienone is 1. The molecule has 1 heterocycles. The van der Waals surface area contributed by atoms with E-state index in [-0.39, 0.29) is 0 Å². The lowest BCUT2D eigenvalue weighted by Crippen LogP contribution is -2.31. The van der Waals surface area contributed by atoms with Crippen LogP contribution in [0.25, 0.3) is 0 Å². The number of rotatable bonds is 2. The number of benzene rings is 2. The van der Waals surface area contributed by atoms with Crippen molar-refractivity contribution in [2.24, 2.45) is 0 Å². The van der Waals surface area contributed by atoms with Gasteiger partial charge < -0.3 is 0 Å². The molecule has 0 amide bonds. The molecule has 0 radical (unpaired) electrons. The van der Waals surface area contributed by atoms with Crippen LogP contribution in [0.5, 0.6) is 0 Å². The van der Waals surface area contributed by atoms with Crippen LogP contribution in [0.3, 0.4) is 0 Å². The van der Waals surface area contributed by atoms with E-state index < -0.39 is 10.0 Å². The van der Waals surface area contributed by atoms with Gasteiger partial charge in [0.25, 0.3) is 0 Å². The number of aryl methyl sites for hydroxylation is 1. The zero-order valence-electron chi connectivity index (χ0n) is 13.5. The minimum Gasteiger partial charge on any atom is -0.207 e. The van der Waals surface area contributed by atoms with Gasteiger partial charge in [-0.15, -0.1) is 0 Å². The van der Waals surface area contributed by atoms with Gasteiger partial charge in [-0.25, -0.2) is 8.42 Å². The Morgan fingerprint density at radius 1 is 1.04 bits per heavy atom. The second-order valence-corrected chi connectivity index (χ2v) is 9.57. The zero-order valence-corrected chi connectivity index (χ0v) is 16.5. The van der Waals surface area contributed by atoms with Crippen LogP contribution in [0.1, 0.15) is 16.7 Å². The fourth-order valence-corrected chi connectivity index (χ4v) is 4.95. The molecule has 1 aliphatic heterocycles. The van der Waals surface area contributed by atoms with Crippen LogP contribution < -0.4 is 0 Å². The fraction of sp³-hybridized carbons (Fsp3) is 0.263. The van der Waals surface area contributed by atoms with Crippen molar-refractivity contribution in [1.29, 1.82) is 0 Å². The molecule has 2 aromatic rings. The normalized spacial score (nSPS) is 20.5. The topological polar surface area (TPSA) is 37.4 Å². The van der Waals surface area contributed by atoms with E-state index in [1.165, 1.54) is 5.56 Å². The van der Waals surface area contributed by atoms with Crippen LogP contribution >= 0.6 is 22.6 Å². The predicted octanol–water partition coefficient (Wildman–Crippen LogP) is 4.10. The average Bonchev–Trinajstić information content (AvgIpc) is 2.63. The molecular formula is C19H20INO2S. The van der Waals surface area contributed by atoms with Gasteiger partial charge in [-0.3, -0.25) is 0 Å². The summed E-state index contributed by atoms with van der Waals surface area (Å²) >= 11 is 2.40. The van der Waals surface area contributed by atoms with Gasteiger partial charge in [-0.2, -0.15) is 4.31 Å². The van der Waals surface area contributed by atoms with Crippen LogP contribution in [0.2, 0.25) is 0 Å². The average molecular weight is 453 g/mol. The largest absolute Gasteiger partial charge is 0.243 e. The van der Waals surface area contributed by atoms with Crippen molar-refractivity contribution in [3.05, 3.63) is 77.4 Å². The van der Waals surface area contributed by atoms with E-state index in [0.29, 0.717) is 21.9 Å². The first-order chi connectivity index (χ1) is 11.5. The molecule has 1 unspecified atom stereocenters. The van der Waals surface area contributed by atoms with Crippen LogP contribution in [-0.2, 0) is 23.0 Å². The van der Waals surface area contributed by atoms with Crippen molar-refractivity contribution >= 4 is 32.6 Å². The Kier molecular flexibility index (Phi) is 5.42. The molecule has 0 aromatic heterocycles. The molecule has 0 N–H and O–H groups in total. The number of nitrogens with zero attached hydrogens (tertiary/aromatic N) is 1. The highest BCUT2D eigenvalue weighted by atomic mass is 127. The summed E-state index contributed by atoms with van der Waals surface area (Å²) in [6.07, 6.45) is 4.99. The number of fused-ring (bicyclic) bond motifs is 1. The Hall–Kier alpha value is -1.18. The summed E-state index contributed by atoms with van der Waals surface area (Å²) < 4.78 is 28.0. The summed E-state index contributed by atoms with van der Waals surface area (Å²) in [6.45, 7) is 2.75. The summed E-state index contributed by atoms with van der Waals surface area (Å²) in [5, 5.41) is 0. The number of hydrogen-bond acceptors (Lipinski definition) is 2. The first-order valence-corrected chi connectivity index (χ1v) is 10.6. The summed E-state index contributed by atoms with van der Waals surface area (Å²) in [6, 6.07) is 15.2. The van der Waals surface area contributed by atoms with Crippen molar-refractivity contribution in [1.82, 2.24) is 4.31 Å². The number of halogens is 1. The van der Waals surface area contributed by atoms with E-state index in [9.17, 15) is 8.42 Å². The van der Waals surface area contributed by atoms with Crippen LogP contribution in [0.4, 0.5) is 0 Å². The molecule has 0 spiro atoms. The first kappa shape index (κ1) is 17.6. The summed E-state index contributed by atoms with van der Waals surface area (Å²) in [5.74, 6) is 0. The molecule has 1 atom stereocenters. The van der Waals surface area contributed by atoms with Gasteiger partial charge in [-0.1, -0.05) is 76.7 Å². The Morgan fingerprint density at radius 3 is 2.42 bits per heavy atom. The molecule has 2 aromatic carbocycles. The first-order valence-electron chi connectivity index (χ1n) is 7.91. The van der Waals surface area contributed by atoms with E-state index in [0.717, 1.165) is 17.5 Å². The van der Waals surface area contributed by atoms with E-state index in [1.807, 2.05) is 43.3 Å². The molecular weight excluding hydrogens is 433 g/mol. The van der Waals surface area contributed by atoms with Crippen LogP contribution in [0.15, 0.2) is 65.6 Å². The molecule has 0 saturated heterocycles. The van der Waals surface area contributed by atoms with E-state index in [4.69, 9.17) is 0 Å². The molecule has 0 saturated carbocycles. The van der Waals surface area contributed by atoms with Gasteiger partial charge in [-0.05, 0) is 36.6 Å². The third-order valence-electron chi connectivity index (χ3n) is 4.19. The van der Waals surface area contributed by atoms with Gasteiger partial charge in [0.05, 0.1) is 4.90 Å². The number of sulfonamides is 1. The lowest BCUT2D eigenvalue weighted by atomic mass is 10.0. The lowest BCUT2D eigenvalue weighted by Gasteiger charge is -2.22. The summed E-state index contributed by atoms with van der Waals surface area (Å²) in [5.41, 5.74) is 3.35. The summed E-state index contributed by atoms with van der Waals surface area (Å²) in [7, 11) is -3.52. The SMILES string of the molecule is Cc1ccc(S(=O)(=O)N2C/C=C\C(I)Cc3ccccc3C2)cc1. The fourth-order valence-electron chi connectivity index (χ4n) is 2.81. The molecule has 3 nitrogen and oxygen atoms in total. The van der Waals surface area contributed by atoms with Crippen LogP contribution in [-0.4, -0.2) is 23.2 Å². The smallest absolute Gasteiger partial charge is 0.207 e. The maximum atomic E-state index is 13.1. The highest BCUT2D eigenvalue weighted by Gasteiger charge is 2.25. The maximum Gasteiger partial charge on any atom is 0.243 e. The van der Waals surface area contributed by atoms with Gasteiger partial charge in [0.15, 0.2) is 0 Å². The van der Waals surface area contributed by atoms with Gasteiger partial charge in [0.2, 0.25) is 10.0 Å². The van der Waals surface area contributed by atoms with Crippen molar-refractivity contribution in [3.8, 4) is 0 Å². The van der Waals surface area contributed by atoms with Crippen molar-refractivity contribution in [2.75, 3.05) is 6.54 Å². The Morgan fingerprint density at radius 2 is 1.71 bits per heavy atom. The predicted molar refractivity (Wildman–Crippen MR) is 106 cm³/mol. The van der Waals surface area contributed by atoms with E-state index in [2.05, 4.69) is 34.7 Å². The second-order valence-electron chi connectivity index (χ2n) is 6.03. The van der Waals surface area contributed by atoms with Crippen molar-refractivity contribution in [3.63, 3.8) is 0 Å². The number of alkyl halides is 1. The summed E-state index contributed by atoms with van der Waals surface area (Å²) in [4.78, 5) is 0.351. The zero-order chi connectivity index (χ0) is 17.2. The standard InChI is InChI=1S/C19H20INO2S/c1-15-8-10-19(11-9-15)24(22,23)21-12-4-7-18(20)13-16-5-2-3-6-17(16)14-21/h2-11,18H,12-14H2,1H3/b7-4-. The molecule has 1 aliphatic rings. The van der Waals surface area contributed by atoms with Crippen molar-refractivity contribution < 1.29 is 8.42 Å². The molecule has 0 fully saturated rings. The maximum absolute atomic E-state index is 13.1. The van der Waals surface area contributed by atoms with Gasteiger partial charge in [0.1, 0.15) is 0 Å². The van der Waals surface area contributed by atoms with Gasteiger partial charge >= 0.3 is 0 Å². The molecule has 126 valence electrons. The van der Waals surface area contributed by atoms with E-state index in [1.54, 1.807) is 16.4 Å². The third-order valence-corrected chi connectivity index (χ3v) is 6.87. The minimum absolute atomic E-state index is 0.351. The Balaban J connectivity index is 2.00. The quantitative estimate of drug-likeness (QED) is 0.390. The number of hydrogen-bond donors (Lipinski definition) is 0. The third kappa shape index (κ3) is 3.90. The molecule has 5 heteroatoms. The molecule has 0 bridgehead atoms. The van der Waals surface area contributed by atoms with E-state index >= 15 is 0 Å². The highest BCUT2D eigenvalue weighted by molar-refractivity contribution is 14.1. The molecule has 0 aliphatic carbocycles. The highest BCUT2D eigenvalue weighted by Crippen LogP contribution is 2.24. The minimum atomic E-state index is -3.52.